The van der Waals surface area contributed by atoms with Crippen LogP contribution in [0.25, 0.3) is 0 Å². The molecule has 1 atom stereocenters. The summed E-state index contributed by atoms with van der Waals surface area (Å²) in [6.07, 6.45) is 4.42. The first-order valence-electron chi connectivity index (χ1n) is 8.51. The lowest BCUT2D eigenvalue weighted by Crippen LogP contribution is -2.44. The van der Waals surface area contributed by atoms with Crippen molar-refractivity contribution < 1.29 is 24.5 Å². The molecule has 3 rings (SSSR count). The number of phenols is 2. The first kappa shape index (κ1) is 17.6. The SMILES string of the molecule is CN1CCN(CCCOc2c(O)cc3c(c2O)C(C=O)C=CO3)CC1. The van der Waals surface area contributed by atoms with Crippen LogP contribution in [-0.2, 0) is 4.79 Å². The number of fused-ring (bicyclic) bond motifs is 1. The van der Waals surface area contributed by atoms with Gasteiger partial charge in [-0.2, -0.15) is 0 Å². The number of ether oxygens (including phenoxy) is 2. The zero-order valence-electron chi connectivity index (χ0n) is 14.4. The Morgan fingerprint density at radius 1 is 1.32 bits per heavy atom. The normalized spacial score (nSPS) is 20.8. The molecule has 136 valence electrons. The van der Waals surface area contributed by atoms with Gasteiger partial charge in [0.05, 0.1) is 24.4 Å². The predicted octanol–water partition coefficient (Wildman–Crippen LogP) is 1.30. The topological polar surface area (TPSA) is 82.5 Å². The van der Waals surface area contributed by atoms with Crippen molar-refractivity contribution in [1.82, 2.24) is 9.80 Å². The monoisotopic (exact) mass is 348 g/mol. The number of carbonyl (C=O) groups is 1. The lowest BCUT2D eigenvalue weighted by Gasteiger charge is -2.32. The average Bonchev–Trinajstić information content (AvgIpc) is 2.61. The van der Waals surface area contributed by atoms with Crippen LogP contribution in [0.1, 0.15) is 17.9 Å². The Hall–Kier alpha value is -2.25. The number of aldehydes is 1. The summed E-state index contributed by atoms with van der Waals surface area (Å²) < 4.78 is 10.9. The summed E-state index contributed by atoms with van der Waals surface area (Å²) in [5, 5.41) is 20.5. The number of hydrogen-bond donors (Lipinski definition) is 2. The highest BCUT2D eigenvalue weighted by atomic mass is 16.5. The molecule has 25 heavy (non-hydrogen) atoms. The molecule has 7 heteroatoms. The Bertz CT molecular complexity index is 653. The van der Waals surface area contributed by atoms with Crippen LogP contribution in [0.5, 0.6) is 23.0 Å². The molecule has 1 unspecified atom stereocenters. The Kier molecular flexibility index (Phi) is 5.45. The van der Waals surface area contributed by atoms with E-state index in [0.29, 0.717) is 18.5 Å². The number of piperazine rings is 1. The number of carbonyl (C=O) groups excluding carboxylic acids is 1. The van der Waals surface area contributed by atoms with Gasteiger partial charge < -0.3 is 34.3 Å². The van der Waals surface area contributed by atoms with Crippen LogP contribution in [0.15, 0.2) is 18.4 Å². The molecular weight excluding hydrogens is 324 g/mol. The number of hydrogen-bond acceptors (Lipinski definition) is 7. The third-order valence-electron chi connectivity index (χ3n) is 4.66. The molecule has 2 aliphatic heterocycles. The number of likely N-dealkylation sites (N-methyl/N-ethyl adjacent to an activating group) is 1. The van der Waals surface area contributed by atoms with Crippen molar-refractivity contribution in [1.29, 1.82) is 0 Å². The van der Waals surface area contributed by atoms with Crippen LogP contribution < -0.4 is 9.47 Å². The van der Waals surface area contributed by atoms with Crippen molar-refractivity contribution in [2.75, 3.05) is 46.4 Å². The van der Waals surface area contributed by atoms with Gasteiger partial charge in [0.25, 0.3) is 0 Å². The number of benzene rings is 1. The summed E-state index contributed by atoms with van der Waals surface area (Å²) in [6, 6.07) is 1.37. The van der Waals surface area contributed by atoms with Crippen LogP contribution in [0.4, 0.5) is 0 Å². The molecule has 2 aliphatic rings. The van der Waals surface area contributed by atoms with Gasteiger partial charge in [0.1, 0.15) is 12.0 Å². The summed E-state index contributed by atoms with van der Waals surface area (Å²) in [5.41, 5.74) is 0.323. The lowest BCUT2D eigenvalue weighted by molar-refractivity contribution is -0.108. The minimum atomic E-state index is -0.614. The highest BCUT2D eigenvalue weighted by Crippen LogP contribution is 2.48. The van der Waals surface area contributed by atoms with E-state index >= 15 is 0 Å². The zero-order valence-corrected chi connectivity index (χ0v) is 14.4. The van der Waals surface area contributed by atoms with Gasteiger partial charge in [-0.1, -0.05) is 0 Å². The van der Waals surface area contributed by atoms with Crippen molar-refractivity contribution in [3.8, 4) is 23.0 Å². The van der Waals surface area contributed by atoms with Crippen molar-refractivity contribution in [3.05, 3.63) is 24.0 Å². The first-order valence-corrected chi connectivity index (χ1v) is 8.51. The number of allylic oxidation sites excluding steroid dienone is 1. The van der Waals surface area contributed by atoms with Crippen LogP contribution in [-0.4, -0.2) is 72.7 Å². The summed E-state index contributed by atoms with van der Waals surface area (Å²) >= 11 is 0. The Balaban J connectivity index is 1.60. The van der Waals surface area contributed by atoms with E-state index in [1.165, 1.54) is 12.3 Å². The predicted molar refractivity (Wildman–Crippen MR) is 92.4 cm³/mol. The molecule has 1 fully saturated rings. The van der Waals surface area contributed by atoms with E-state index in [-0.39, 0.29) is 23.0 Å². The largest absolute Gasteiger partial charge is 0.504 e. The molecule has 2 heterocycles. The van der Waals surface area contributed by atoms with E-state index in [4.69, 9.17) is 9.47 Å². The molecule has 0 aliphatic carbocycles. The van der Waals surface area contributed by atoms with E-state index in [0.717, 1.165) is 39.1 Å². The van der Waals surface area contributed by atoms with Crippen molar-refractivity contribution >= 4 is 6.29 Å². The van der Waals surface area contributed by atoms with E-state index in [1.54, 1.807) is 6.08 Å². The average molecular weight is 348 g/mol. The zero-order chi connectivity index (χ0) is 17.8. The molecule has 0 bridgehead atoms. The van der Waals surface area contributed by atoms with E-state index in [1.807, 2.05) is 0 Å². The standard InChI is InChI=1S/C18H24N2O5/c1-19-5-7-20(8-6-19)4-2-9-25-18-14(22)11-15-16(17(18)23)13(12-21)3-10-24-15/h3,10-13,22-23H,2,4-9H2,1H3. The number of aromatic hydroxyl groups is 2. The molecule has 2 N–H and O–H groups in total. The maximum atomic E-state index is 11.2. The van der Waals surface area contributed by atoms with Crippen molar-refractivity contribution in [3.63, 3.8) is 0 Å². The fourth-order valence-electron chi connectivity index (χ4n) is 3.13. The summed E-state index contributed by atoms with van der Waals surface area (Å²) in [6.45, 7) is 5.48. The van der Waals surface area contributed by atoms with Gasteiger partial charge in [-0.25, -0.2) is 0 Å². The third-order valence-corrected chi connectivity index (χ3v) is 4.66. The van der Waals surface area contributed by atoms with E-state index < -0.39 is 5.92 Å². The first-order chi connectivity index (χ1) is 12.1. The highest BCUT2D eigenvalue weighted by molar-refractivity contribution is 5.74. The minimum Gasteiger partial charge on any atom is -0.504 e. The fraction of sp³-hybridized carbons (Fsp3) is 0.500. The maximum absolute atomic E-state index is 11.2. The van der Waals surface area contributed by atoms with Gasteiger partial charge in [0.2, 0.25) is 5.75 Å². The fourth-order valence-corrected chi connectivity index (χ4v) is 3.13. The number of phenolic OH excluding ortho intramolecular Hbond substituents is 2. The Morgan fingerprint density at radius 2 is 2.08 bits per heavy atom. The van der Waals surface area contributed by atoms with Gasteiger partial charge in [-0.3, -0.25) is 0 Å². The van der Waals surface area contributed by atoms with Crippen LogP contribution >= 0.6 is 0 Å². The highest BCUT2D eigenvalue weighted by Gasteiger charge is 2.27. The van der Waals surface area contributed by atoms with E-state index in [9.17, 15) is 15.0 Å². The molecule has 7 nitrogen and oxygen atoms in total. The molecule has 0 aromatic heterocycles. The molecule has 0 amide bonds. The van der Waals surface area contributed by atoms with Gasteiger partial charge >= 0.3 is 0 Å². The number of rotatable bonds is 6. The molecule has 0 saturated carbocycles. The summed E-state index contributed by atoms with van der Waals surface area (Å²) in [4.78, 5) is 15.9. The smallest absolute Gasteiger partial charge is 0.203 e. The Labute approximate surface area is 147 Å². The van der Waals surface area contributed by atoms with Gasteiger partial charge in [-0.15, -0.1) is 0 Å². The second-order valence-electron chi connectivity index (χ2n) is 6.44. The quantitative estimate of drug-likeness (QED) is 0.592. The minimum absolute atomic E-state index is 0.00266. The van der Waals surface area contributed by atoms with Gasteiger partial charge in [0.15, 0.2) is 11.5 Å². The second kappa shape index (κ2) is 7.76. The summed E-state index contributed by atoms with van der Waals surface area (Å²) in [7, 11) is 2.12. The van der Waals surface area contributed by atoms with E-state index in [2.05, 4.69) is 16.8 Å². The molecular formula is C18H24N2O5. The number of nitrogens with zero attached hydrogens (tertiary/aromatic N) is 2. The second-order valence-corrected chi connectivity index (χ2v) is 6.44. The molecule has 1 saturated heterocycles. The Morgan fingerprint density at radius 3 is 2.80 bits per heavy atom. The van der Waals surface area contributed by atoms with Crippen LogP contribution in [0.2, 0.25) is 0 Å². The van der Waals surface area contributed by atoms with Crippen LogP contribution in [0.3, 0.4) is 0 Å². The molecule has 1 aromatic rings. The van der Waals surface area contributed by atoms with Gasteiger partial charge in [-0.05, 0) is 19.5 Å². The van der Waals surface area contributed by atoms with Gasteiger partial charge in [0, 0.05) is 38.8 Å². The molecule has 0 radical (unpaired) electrons. The maximum Gasteiger partial charge on any atom is 0.203 e. The van der Waals surface area contributed by atoms with Crippen LogP contribution in [0, 0.1) is 0 Å². The lowest BCUT2D eigenvalue weighted by atomic mass is 9.96. The molecule has 0 spiro atoms. The van der Waals surface area contributed by atoms with Crippen molar-refractivity contribution in [2.24, 2.45) is 0 Å². The van der Waals surface area contributed by atoms with Crippen molar-refractivity contribution in [2.45, 2.75) is 12.3 Å². The molecule has 1 aromatic carbocycles. The summed E-state index contributed by atoms with van der Waals surface area (Å²) in [5.74, 6) is -0.786. The third kappa shape index (κ3) is 3.88.